The highest BCUT2D eigenvalue weighted by Gasteiger charge is 2.12. The third-order valence-electron chi connectivity index (χ3n) is 3.15. The van der Waals surface area contributed by atoms with Gasteiger partial charge in [-0.05, 0) is 44.5 Å². The van der Waals surface area contributed by atoms with Gasteiger partial charge < -0.3 is 0 Å². The van der Waals surface area contributed by atoms with Crippen molar-refractivity contribution in [2.24, 2.45) is 0 Å². The Morgan fingerprint density at radius 1 is 1.39 bits per heavy atom. The maximum absolute atomic E-state index is 4.76. The van der Waals surface area contributed by atoms with E-state index >= 15 is 0 Å². The Hall–Kier alpha value is -1.74. The third-order valence-corrected chi connectivity index (χ3v) is 4.21. The van der Waals surface area contributed by atoms with E-state index in [2.05, 4.69) is 37.9 Å². The largest absolute Gasteiger partial charge is 0.253 e. The molecule has 0 bridgehead atoms. The molecule has 0 aliphatic heterocycles. The topological polar surface area (TPSA) is 25.8 Å². The molecule has 3 aromatic heterocycles. The highest BCUT2D eigenvalue weighted by Crippen LogP contribution is 2.34. The second kappa shape index (κ2) is 4.18. The maximum atomic E-state index is 4.76. The molecule has 90 valence electrons. The average molecular weight is 254 g/mol. The Balaban J connectivity index is 2.54. The standard InChI is InChI=1S/C15H14N2S/c1-4-9(2)13-11-8-10(3)18-15(11)14-12(17-13)6-5-7-16-14/h4-8H,1-3H3/b9-4+. The molecule has 3 aromatic rings. The lowest BCUT2D eigenvalue weighted by Gasteiger charge is -2.05. The Morgan fingerprint density at radius 3 is 3.00 bits per heavy atom. The molecule has 0 aliphatic rings. The SMILES string of the molecule is C/C=C(\C)c1nc2cccnc2c2sc(C)cc12. The molecule has 0 aliphatic carbocycles. The molecule has 0 radical (unpaired) electrons. The Morgan fingerprint density at radius 2 is 2.22 bits per heavy atom. The van der Waals surface area contributed by atoms with Crippen LogP contribution in [0.25, 0.3) is 26.7 Å². The van der Waals surface area contributed by atoms with Crippen molar-refractivity contribution in [1.82, 2.24) is 9.97 Å². The number of aromatic nitrogens is 2. The number of pyridine rings is 2. The van der Waals surface area contributed by atoms with Crippen LogP contribution >= 0.6 is 11.3 Å². The Bertz CT molecular complexity index is 769. The van der Waals surface area contributed by atoms with Gasteiger partial charge >= 0.3 is 0 Å². The molecule has 0 aromatic carbocycles. The molecular weight excluding hydrogens is 240 g/mol. The van der Waals surface area contributed by atoms with Gasteiger partial charge in [0, 0.05) is 16.5 Å². The van der Waals surface area contributed by atoms with E-state index in [-0.39, 0.29) is 0 Å². The van der Waals surface area contributed by atoms with Crippen LogP contribution in [0.2, 0.25) is 0 Å². The summed E-state index contributed by atoms with van der Waals surface area (Å²) >= 11 is 1.79. The van der Waals surface area contributed by atoms with Crippen LogP contribution in [-0.2, 0) is 0 Å². The number of hydrogen-bond donors (Lipinski definition) is 0. The fourth-order valence-corrected chi connectivity index (χ4v) is 3.16. The van der Waals surface area contributed by atoms with Crippen molar-refractivity contribution in [3.05, 3.63) is 41.0 Å². The lowest BCUT2D eigenvalue weighted by atomic mass is 10.1. The molecule has 0 unspecified atom stereocenters. The summed E-state index contributed by atoms with van der Waals surface area (Å²) in [5, 5.41) is 1.22. The number of aryl methyl sites for hydroxylation is 1. The Labute approximate surface area is 110 Å². The van der Waals surface area contributed by atoms with Crippen LogP contribution < -0.4 is 0 Å². The molecule has 2 nitrogen and oxygen atoms in total. The van der Waals surface area contributed by atoms with E-state index in [4.69, 9.17) is 4.98 Å². The monoisotopic (exact) mass is 254 g/mol. The zero-order chi connectivity index (χ0) is 12.7. The predicted octanol–water partition coefficient (Wildman–Crippen LogP) is 4.58. The van der Waals surface area contributed by atoms with Crippen LogP contribution in [0, 0.1) is 6.92 Å². The molecule has 0 N–H and O–H groups in total. The predicted molar refractivity (Wildman–Crippen MR) is 79.0 cm³/mol. The van der Waals surface area contributed by atoms with Gasteiger partial charge in [-0.2, -0.15) is 0 Å². The zero-order valence-electron chi connectivity index (χ0n) is 10.7. The van der Waals surface area contributed by atoms with Crippen LogP contribution in [-0.4, -0.2) is 9.97 Å². The van der Waals surface area contributed by atoms with E-state index in [1.807, 2.05) is 18.3 Å². The van der Waals surface area contributed by atoms with Crippen LogP contribution in [0.15, 0.2) is 30.5 Å². The first kappa shape index (κ1) is 11.4. The van der Waals surface area contributed by atoms with Gasteiger partial charge in [0.15, 0.2) is 0 Å². The van der Waals surface area contributed by atoms with Gasteiger partial charge in [0.1, 0.15) is 5.52 Å². The normalized spacial score (nSPS) is 12.5. The highest BCUT2D eigenvalue weighted by molar-refractivity contribution is 7.20. The second-order valence-electron chi connectivity index (χ2n) is 4.40. The average Bonchev–Trinajstić information content (AvgIpc) is 2.78. The van der Waals surface area contributed by atoms with E-state index in [9.17, 15) is 0 Å². The number of fused-ring (bicyclic) bond motifs is 3. The van der Waals surface area contributed by atoms with Crippen LogP contribution in [0.3, 0.4) is 0 Å². The van der Waals surface area contributed by atoms with E-state index in [0.29, 0.717) is 0 Å². The molecule has 0 spiro atoms. The van der Waals surface area contributed by atoms with Gasteiger partial charge in [-0.25, -0.2) is 4.98 Å². The van der Waals surface area contributed by atoms with Gasteiger partial charge in [-0.3, -0.25) is 4.98 Å². The third kappa shape index (κ3) is 1.63. The molecule has 0 amide bonds. The smallest absolute Gasteiger partial charge is 0.106 e. The highest BCUT2D eigenvalue weighted by atomic mass is 32.1. The minimum Gasteiger partial charge on any atom is -0.253 e. The first-order chi connectivity index (χ1) is 8.70. The van der Waals surface area contributed by atoms with E-state index < -0.39 is 0 Å². The lowest BCUT2D eigenvalue weighted by Crippen LogP contribution is -1.90. The first-order valence-corrected chi connectivity index (χ1v) is 6.80. The van der Waals surface area contributed by atoms with Crippen molar-refractivity contribution in [2.75, 3.05) is 0 Å². The number of rotatable bonds is 1. The van der Waals surface area contributed by atoms with Crippen molar-refractivity contribution in [3.63, 3.8) is 0 Å². The van der Waals surface area contributed by atoms with Crippen LogP contribution in [0.5, 0.6) is 0 Å². The molecule has 0 atom stereocenters. The molecule has 0 saturated heterocycles. The van der Waals surface area contributed by atoms with Gasteiger partial charge in [-0.1, -0.05) is 6.08 Å². The fraction of sp³-hybridized carbons (Fsp3) is 0.200. The first-order valence-electron chi connectivity index (χ1n) is 5.99. The number of thiophene rings is 1. The summed E-state index contributed by atoms with van der Waals surface area (Å²) in [5.74, 6) is 0. The summed E-state index contributed by atoms with van der Waals surface area (Å²) in [5.41, 5.74) is 4.28. The number of nitrogens with zero attached hydrogens (tertiary/aromatic N) is 2. The minimum absolute atomic E-state index is 0.975. The summed E-state index contributed by atoms with van der Waals surface area (Å²) in [6, 6.07) is 6.18. The molecule has 3 heteroatoms. The van der Waals surface area contributed by atoms with Gasteiger partial charge in [-0.15, -0.1) is 11.3 Å². The maximum Gasteiger partial charge on any atom is 0.106 e. The van der Waals surface area contributed by atoms with Crippen molar-refractivity contribution >= 4 is 38.0 Å². The van der Waals surface area contributed by atoms with Crippen molar-refractivity contribution in [2.45, 2.75) is 20.8 Å². The van der Waals surface area contributed by atoms with Crippen molar-refractivity contribution in [1.29, 1.82) is 0 Å². The minimum atomic E-state index is 0.975. The van der Waals surface area contributed by atoms with Gasteiger partial charge in [0.2, 0.25) is 0 Å². The van der Waals surface area contributed by atoms with Gasteiger partial charge in [0.25, 0.3) is 0 Å². The molecule has 0 saturated carbocycles. The summed E-state index contributed by atoms with van der Waals surface area (Å²) in [6.45, 7) is 6.29. The zero-order valence-corrected chi connectivity index (χ0v) is 11.5. The van der Waals surface area contributed by atoms with E-state index in [0.717, 1.165) is 16.7 Å². The van der Waals surface area contributed by atoms with Crippen molar-refractivity contribution < 1.29 is 0 Å². The summed E-state index contributed by atoms with van der Waals surface area (Å²) in [7, 11) is 0. The molecule has 3 heterocycles. The van der Waals surface area contributed by atoms with Crippen LogP contribution in [0.1, 0.15) is 24.4 Å². The fourth-order valence-electron chi connectivity index (χ4n) is 2.15. The van der Waals surface area contributed by atoms with E-state index in [1.165, 1.54) is 20.5 Å². The van der Waals surface area contributed by atoms with Crippen molar-refractivity contribution in [3.8, 4) is 0 Å². The summed E-state index contributed by atoms with van der Waals surface area (Å²) in [4.78, 5) is 10.5. The number of allylic oxidation sites excluding steroid dienone is 2. The van der Waals surface area contributed by atoms with Crippen LogP contribution in [0.4, 0.5) is 0 Å². The Kier molecular flexibility index (Phi) is 2.63. The molecule has 3 rings (SSSR count). The molecule has 18 heavy (non-hydrogen) atoms. The summed E-state index contributed by atoms with van der Waals surface area (Å²) in [6.07, 6.45) is 3.94. The van der Waals surface area contributed by atoms with Gasteiger partial charge in [0.05, 0.1) is 15.9 Å². The quantitative estimate of drug-likeness (QED) is 0.635. The second-order valence-corrected chi connectivity index (χ2v) is 5.66. The van der Waals surface area contributed by atoms with E-state index in [1.54, 1.807) is 11.3 Å². The molecule has 0 fully saturated rings. The number of hydrogen-bond acceptors (Lipinski definition) is 3. The summed E-state index contributed by atoms with van der Waals surface area (Å²) < 4.78 is 1.24. The lowest BCUT2D eigenvalue weighted by molar-refractivity contribution is 1.33. The molecular formula is C15H14N2S.